The SMILES string of the molecule is CCc1cccc(C)c1NC(=S)NNC(=O)c1ccc([N+](=O)[O-])cc1. The van der Waals surface area contributed by atoms with Crippen molar-refractivity contribution in [1.82, 2.24) is 10.9 Å². The van der Waals surface area contributed by atoms with Crippen molar-refractivity contribution in [3.63, 3.8) is 0 Å². The first-order valence-corrected chi connectivity index (χ1v) is 8.03. The molecule has 2 aromatic rings. The molecule has 0 saturated heterocycles. The Kier molecular flexibility index (Phi) is 6.02. The van der Waals surface area contributed by atoms with Crippen molar-refractivity contribution in [3.05, 3.63) is 69.3 Å². The minimum absolute atomic E-state index is 0.0756. The molecule has 0 saturated carbocycles. The van der Waals surface area contributed by atoms with Gasteiger partial charge in [-0.2, -0.15) is 0 Å². The van der Waals surface area contributed by atoms with E-state index in [1.54, 1.807) is 0 Å². The Morgan fingerprint density at radius 1 is 1.16 bits per heavy atom. The number of aryl methyl sites for hydroxylation is 2. The van der Waals surface area contributed by atoms with E-state index in [1.165, 1.54) is 24.3 Å². The Morgan fingerprint density at radius 3 is 2.44 bits per heavy atom. The number of non-ortho nitro benzene ring substituents is 1. The van der Waals surface area contributed by atoms with Gasteiger partial charge in [-0.3, -0.25) is 25.8 Å². The molecule has 0 bridgehead atoms. The van der Waals surface area contributed by atoms with Crippen LogP contribution in [-0.4, -0.2) is 15.9 Å². The number of hydrogen-bond acceptors (Lipinski definition) is 4. The highest BCUT2D eigenvalue weighted by molar-refractivity contribution is 7.80. The molecule has 0 spiro atoms. The summed E-state index contributed by atoms with van der Waals surface area (Å²) in [5.41, 5.74) is 8.37. The number of para-hydroxylation sites is 1. The van der Waals surface area contributed by atoms with Crippen LogP contribution in [0.4, 0.5) is 11.4 Å². The van der Waals surface area contributed by atoms with Crippen molar-refractivity contribution in [2.24, 2.45) is 0 Å². The predicted molar refractivity (Wildman–Crippen MR) is 100 cm³/mol. The van der Waals surface area contributed by atoms with E-state index in [4.69, 9.17) is 12.2 Å². The number of anilines is 1. The molecular weight excluding hydrogens is 340 g/mol. The fraction of sp³-hybridized carbons (Fsp3) is 0.176. The summed E-state index contributed by atoms with van der Waals surface area (Å²) < 4.78 is 0. The molecule has 0 aliphatic rings. The standard InChI is InChI=1S/C17H18N4O3S/c1-3-12-6-4-5-11(2)15(12)18-17(25)20-19-16(22)13-7-9-14(10-8-13)21(23)24/h4-10H,3H2,1-2H3,(H,19,22)(H2,18,20,25). The second-order valence-electron chi connectivity index (χ2n) is 5.30. The Labute approximate surface area is 150 Å². The summed E-state index contributed by atoms with van der Waals surface area (Å²) in [5, 5.41) is 13.9. The van der Waals surface area contributed by atoms with Gasteiger partial charge in [0.1, 0.15) is 0 Å². The Bertz CT molecular complexity index is 806. The summed E-state index contributed by atoms with van der Waals surface area (Å²) in [7, 11) is 0. The summed E-state index contributed by atoms with van der Waals surface area (Å²) in [6, 6.07) is 11.3. The highest BCUT2D eigenvalue weighted by Crippen LogP contribution is 2.20. The van der Waals surface area contributed by atoms with E-state index >= 15 is 0 Å². The lowest BCUT2D eigenvalue weighted by Crippen LogP contribution is -2.43. The topological polar surface area (TPSA) is 96.3 Å². The van der Waals surface area contributed by atoms with Gasteiger partial charge in [0.2, 0.25) is 0 Å². The van der Waals surface area contributed by atoms with Gasteiger partial charge in [0.25, 0.3) is 11.6 Å². The van der Waals surface area contributed by atoms with Crippen LogP contribution in [0, 0.1) is 17.0 Å². The number of nitro benzene ring substituents is 1. The minimum atomic E-state index is -0.521. The van der Waals surface area contributed by atoms with Crippen molar-refractivity contribution in [2.75, 3.05) is 5.32 Å². The third-order valence-electron chi connectivity index (χ3n) is 3.61. The number of nitro groups is 1. The zero-order valence-electron chi connectivity index (χ0n) is 13.8. The lowest BCUT2D eigenvalue weighted by molar-refractivity contribution is -0.384. The zero-order valence-corrected chi connectivity index (χ0v) is 14.6. The van der Waals surface area contributed by atoms with Crippen molar-refractivity contribution in [1.29, 1.82) is 0 Å². The van der Waals surface area contributed by atoms with E-state index < -0.39 is 10.8 Å². The number of nitrogens with one attached hydrogen (secondary N) is 3. The van der Waals surface area contributed by atoms with Crippen molar-refractivity contribution in [3.8, 4) is 0 Å². The van der Waals surface area contributed by atoms with Crippen LogP contribution in [0.25, 0.3) is 0 Å². The molecule has 0 aliphatic carbocycles. The molecule has 0 fully saturated rings. The molecule has 0 heterocycles. The number of hydrazine groups is 1. The Morgan fingerprint density at radius 2 is 1.84 bits per heavy atom. The molecule has 7 nitrogen and oxygen atoms in total. The van der Waals surface area contributed by atoms with Gasteiger partial charge in [-0.15, -0.1) is 0 Å². The largest absolute Gasteiger partial charge is 0.331 e. The van der Waals surface area contributed by atoms with E-state index in [9.17, 15) is 14.9 Å². The number of amides is 1. The van der Waals surface area contributed by atoms with Crippen LogP contribution in [0.1, 0.15) is 28.4 Å². The fourth-order valence-electron chi connectivity index (χ4n) is 2.27. The molecule has 0 unspecified atom stereocenters. The van der Waals surface area contributed by atoms with Crippen molar-refractivity contribution in [2.45, 2.75) is 20.3 Å². The highest BCUT2D eigenvalue weighted by Gasteiger charge is 2.10. The number of hydrogen-bond donors (Lipinski definition) is 3. The van der Waals surface area contributed by atoms with Crippen LogP contribution in [-0.2, 0) is 6.42 Å². The maximum absolute atomic E-state index is 12.0. The second kappa shape index (κ2) is 8.20. The first-order valence-electron chi connectivity index (χ1n) is 7.62. The van der Waals surface area contributed by atoms with Crippen molar-refractivity contribution >= 4 is 34.6 Å². The zero-order chi connectivity index (χ0) is 18.4. The van der Waals surface area contributed by atoms with E-state index in [0.717, 1.165) is 23.2 Å². The molecule has 0 atom stereocenters. The lowest BCUT2D eigenvalue weighted by Gasteiger charge is -2.16. The summed E-state index contributed by atoms with van der Waals surface area (Å²) in [6.45, 7) is 4.02. The Balaban J connectivity index is 1.96. The summed E-state index contributed by atoms with van der Waals surface area (Å²) in [5.74, 6) is -0.445. The van der Waals surface area contributed by atoms with Gasteiger partial charge in [-0.25, -0.2) is 0 Å². The van der Waals surface area contributed by atoms with Gasteiger partial charge >= 0.3 is 0 Å². The predicted octanol–water partition coefficient (Wildman–Crippen LogP) is 3.10. The molecule has 0 aliphatic heterocycles. The van der Waals surface area contributed by atoms with Crippen LogP contribution in [0.15, 0.2) is 42.5 Å². The number of thiocarbonyl (C=S) groups is 1. The normalized spacial score (nSPS) is 10.0. The number of carbonyl (C=O) groups excluding carboxylic acids is 1. The van der Waals surface area contributed by atoms with Gasteiger partial charge in [-0.05, 0) is 48.8 Å². The highest BCUT2D eigenvalue weighted by atomic mass is 32.1. The molecule has 2 aromatic carbocycles. The van der Waals surface area contributed by atoms with Gasteiger partial charge in [0, 0.05) is 23.4 Å². The van der Waals surface area contributed by atoms with Crippen LogP contribution < -0.4 is 16.2 Å². The van der Waals surface area contributed by atoms with Gasteiger partial charge in [-0.1, -0.05) is 25.1 Å². The molecule has 1 amide bonds. The fourth-order valence-corrected chi connectivity index (χ4v) is 2.42. The summed E-state index contributed by atoms with van der Waals surface area (Å²) >= 11 is 5.20. The van der Waals surface area contributed by atoms with E-state index in [1.807, 2.05) is 32.0 Å². The maximum Gasteiger partial charge on any atom is 0.269 e. The first kappa shape index (κ1) is 18.3. The first-order chi connectivity index (χ1) is 11.9. The van der Waals surface area contributed by atoms with Crippen molar-refractivity contribution < 1.29 is 9.72 Å². The minimum Gasteiger partial charge on any atom is -0.331 e. The molecule has 2 rings (SSSR count). The van der Waals surface area contributed by atoms with Crippen LogP contribution in [0.2, 0.25) is 0 Å². The van der Waals surface area contributed by atoms with Gasteiger partial charge in [0.05, 0.1) is 4.92 Å². The molecule has 0 aromatic heterocycles. The van der Waals surface area contributed by atoms with E-state index in [-0.39, 0.29) is 16.4 Å². The molecule has 0 radical (unpaired) electrons. The monoisotopic (exact) mass is 358 g/mol. The van der Waals surface area contributed by atoms with Crippen LogP contribution in [0.3, 0.4) is 0 Å². The van der Waals surface area contributed by atoms with Gasteiger partial charge < -0.3 is 5.32 Å². The average molecular weight is 358 g/mol. The Hall–Kier alpha value is -3.00. The van der Waals surface area contributed by atoms with Crippen LogP contribution in [0.5, 0.6) is 0 Å². The lowest BCUT2D eigenvalue weighted by atomic mass is 10.1. The smallest absolute Gasteiger partial charge is 0.269 e. The molecule has 25 heavy (non-hydrogen) atoms. The van der Waals surface area contributed by atoms with Gasteiger partial charge in [0.15, 0.2) is 5.11 Å². The van der Waals surface area contributed by atoms with E-state index in [2.05, 4.69) is 16.2 Å². The third kappa shape index (κ3) is 4.74. The second-order valence-corrected chi connectivity index (χ2v) is 5.71. The summed E-state index contributed by atoms with van der Waals surface area (Å²) in [6.07, 6.45) is 0.849. The third-order valence-corrected chi connectivity index (χ3v) is 3.81. The maximum atomic E-state index is 12.0. The number of nitrogens with zero attached hydrogens (tertiary/aromatic N) is 1. The quantitative estimate of drug-likeness (QED) is 0.441. The van der Waals surface area contributed by atoms with E-state index in [0.29, 0.717) is 0 Å². The molecule has 8 heteroatoms. The van der Waals surface area contributed by atoms with Crippen LogP contribution >= 0.6 is 12.2 Å². The number of carbonyl (C=O) groups is 1. The summed E-state index contributed by atoms with van der Waals surface area (Å²) in [4.78, 5) is 22.1. The molecule has 3 N–H and O–H groups in total. The number of benzene rings is 2. The average Bonchev–Trinajstić information content (AvgIpc) is 2.61. The molecule has 130 valence electrons. The molecular formula is C17H18N4O3S. The number of rotatable bonds is 4.